The smallest absolute Gasteiger partial charge is 0.300 e. The van der Waals surface area contributed by atoms with Crippen molar-refractivity contribution in [2.45, 2.75) is 20.3 Å². The van der Waals surface area contributed by atoms with Crippen LogP contribution in [0.15, 0.2) is 53.2 Å². The van der Waals surface area contributed by atoms with Crippen LogP contribution in [-0.2, 0) is 6.42 Å². The predicted octanol–water partition coefficient (Wildman–Crippen LogP) is 5.63. The minimum atomic E-state index is 0.428. The first-order chi connectivity index (χ1) is 13.1. The molecular formula is C20H18ClN5O. The van der Waals surface area contributed by atoms with E-state index in [2.05, 4.69) is 38.6 Å². The van der Waals surface area contributed by atoms with Crippen molar-refractivity contribution in [2.24, 2.45) is 0 Å². The third kappa shape index (κ3) is 3.85. The molecule has 0 saturated carbocycles. The van der Waals surface area contributed by atoms with Crippen molar-refractivity contribution < 1.29 is 4.42 Å². The standard InChI is InChI=1S/C20H18ClN5O/c1-3-13-4-6-15(24-19-8-12(2)22-11-23-19)10-16(13)25-20-26-17-9-14(21)5-7-18(17)27-20/h4-11H,3H2,1-2H3,(H,25,26)(H,22,23,24). The lowest BCUT2D eigenvalue weighted by atomic mass is 10.1. The van der Waals surface area contributed by atoms with Gasteiger partial charge >= 0.3 is 0 Å². The van der Waals surface area contributed by atoms with Gasteiger partial charge in [-0.1, -0.05) is 24.6 Å². The van der Waals surface area contributed by atoms with Crippen LogP contribution in [0.5, 0.6) is 0 Å². The molecule has 27 heavy (non-hydrogen) atoms. The molecule has 136 valence electrons. The number of oxazole rings is 1. The van der Waals surface area contributed by atoms with Crippen molar-refractivity contribution in [1.29, 1.82) is 0 Å². The van der Waals surface area contributed by atoms with Gasteiger partial charge in [0.25, 0.3) is 6.01 Å². The Hall–Kier alpha value is -3.12. The summed E-state index contributed by atoms with van der Waals surface area (Å²) in [6, 6.07) is 13.8. The Kier molecular flexibility index (Phi) is 4.64. The highest BCUT2D eigenvalue weighted by Gasteiger charge is 2.10. The van der Waals surface area contributed by atoms with Crippen molar-refractivity contribution in [3.8, 4) is 0 Å². The molecule has 0 aliphatic heterocycles. The normalized spacial score (nSPS) is 10.9. The van der Waals surface area contributed by atoms with Gasteiger partial charge in [0.1, 0.15) is 17.7 Å². The van der Waals surface area contributed by atoms with Crippen LogP contribution in [0.1, 0.15) is 18.2 Å². The van der Waals surface area contributed by atoms with Crippen LogP contribution < -0.4 is 10.6 Å². The minimum absolute atomic E-state index is 0.428. The molecule has 0 fully saturated rings. The first-order valence-electron chi connectivity index (χ1n) is 8.62. The zero-order valence-electron chi connectivity index (χ0n) is 15.0. The van der Waals surface area contributed by atoms with Crippen molar-refractivity contribution in [3.63, 3.8) is 0 Å². The summed E-state index contributed by atoms with van der Waals surface area (Å²) < 4.78 is 5.78. The van der Waals surface area contributed by atoms with Gasteiger partial charge in [-0.25, -0.2) is 9.97 Å². The zero-order chi connectivity index (χ0) is 18.8. The van der Waals surface area contributed by atoms with Gasteiger partial charge < -0.3 is 15.1 Å². The van der Waals surface area contributed by atoms with E-state index in [-0.39, 0.29) is 0 Å². The number of aromatic nitrogens is 3. The van der Waals surface area contributed by atoms with Crippen LogP contribution in [0, 0.1) is 6.92 Å². The molecule has 2 N–H and O–H groups in total. The maximum Gasteiger partial charge on any atom is 0.300 e. The number of aryl methyl sites for hydroxylation is 2. The van der Waals surface area contributed by atoms with Gasteiger partial charge in [-0.3, -0.25) is 0 Å². The lowest BCUT2D eigenvalue weighted by molar-refractivity contribution is 0.623. The molecule has 0 aliphatic carbocycles. The Morgan fingerprint density at radius 1 is 1.04 bits per heavy atom. The Morgan fingerprint density at radius 2 is 1.93 bits per heavy atom. The zero-order valence-corrected chi connectivity index (χ0v) is 15.7. The average Bonchev–Trinajstić information content (AvgIpc) is 3.03. The Bertz CT molecular complexity index is 1110. The molecule has 0 saturated heterocycles. The second-order valence-electron chi connectivity index (χ2n) is 6.15. The molecule has 0 unspecified atom stereocenters. The molecule has 0 radical (unpaired) electrons. The molecule has 2 aromatic heterocycles. The van der Waals surface area contributed by atoms with Crippen LogP contribution in [0.25, 0.3) is 11.1 Å². The summed E-state index contributed by atoms with van der Waals surface area (Å²) in [4.78, 5) is 12.8. The monoisotopic (exact) mass is 379 g/mol. The summed E-state index contributed by atoms with van der Waals surface area (Å²) in [6.45, 7) is 4.03. The quantitative estimate of drug-likeness (QED) is 0.468. The summed E-state index contributed by atoms with van der Waals surface area (Å²) in [6.07, 6.45) is 2.42. The van der Waals surface area contributed by atoms with E-state index in [0.717, 1.165) is 34.9 Å². The van der Waals surface area contributed by atoms with E-state index in [9.17, 15) is 0 Å². The summed E-state index contributed by atoms with van der Waals surface area (Å²) in [5.41, 5.74) is 5.29. The number of halogens is 1. The summed E-state index contributed by atoms with van der Waals surface area (Å²) in [5, 5.41) is 7.20. The van der Waals surface area contributed by atoms with E-state index in [1.165, 1.54) is 0 Å². The van der Waals surface area contributed by atoms with E-state index < -0.39 is 0 Å². The van der Waals surface area contributed by atoms with Crippen molar-refractivity contribution >= 4 is 45.9 Å². The molecule has 4 rings (SSSR count). The largest absolute Gasteiger partial charge is 0.423 e. The van der Waals surface area contributed by atoms with E-state index >= 15 is 0 Å². The third-order valence-electron chi connectivity index (χ3n) is 4.16. The fourth-order valence-electron chi connectivity index (χ4n) is 2.82. The van der Waals surface area contributed by atoms with Crippen LogP contribution in [0.4, 0.5) is 23.2 Å². The predicted molar refractivity (Wildman–Crippen MR) is 108 cm³/mol. The molecule has 4 aromatic rings. The molecule has 0 bridgehead atoms. The highest BCUT2D eigenvalue weighted by atomic mass is 35.5. The molecule has 0 amide bonds. The summed E-state index contributed by atoms with van der Waals surface area (Å²) in [7, 11) is 0. The Balaban J connectivity index is 1.63. The van der Waals surface area contributed by atoms with Crippen LogP contribution in [0.2, 0.25) is 5.02 Å². The lowest BCUT2D eigenvalue weighted by Crippen LogP contribution is -1.99. The molecule has 2 aromatic carbocycles. The van der Waals surface area contributed by atoms with Crippen molar-refractivity contribution in [3.05, 3.63) is 65.1 Å². The lowest BCUT2D eigenvalue weighted by Gasteiger charge is -2.12. The van der Waals surface area contributed by atoms with E-state index in [1.54, 1.807) is 18.5 Å². The van der Waals surface area contributed by atoms with Gasteiger partial charge in [0.05, 0.1) is 0 Å². The SMILES string of the molecule is CCc1ccc(Nc2cc(C)ncn2)cc1Nc1nc2cc(Cl)ccc2o1. The number of hydrogen-bond donors (Lipinski definition) is 2. The molecule has 0 aliphatic rings. The Morgan fingerprint density at radius 3 is 2.74 bits per heavy atom. The van der Waals surface area contributed by atoms with Crippen molar-refractivity contribution in [1.82, 2.24) is 15.0 Å². The number of nitrogens with zero attached hydrogens (tertiary/aromatic N) is 3. The topological polar surface area (TPSA) is 75.9 Å². The van der Waals surface area contributed by atoms with Crippen LogP contribution in [-0.4, -0.2) is 15.0 Å². The fourth-order valence-corrected chi connectivity index (χ4v) is 2.99. The summed E-state index contributed by atoms with van der Waals surface area (Å²) in [5.74, 6) is 0.745. The molecule has 2 heterocycles. The van der Waals surface area contributed by atoms with Crippen LogP contribution >= 0.6 is 11.6 Å². The first kappa shape index (κ1) is 17.3. The van der Waals surface area contributed by atoms with E-state index in [1.807, 2.05) is 31.2 Å². The molecule has 0 atom stereocenters. The third-order valence-corrected chi connectivity index (χ3v) is 4.39. The number of hydrogen-bond acceptors (Lipinski definition) is 6. The molecule has 6 nitrogen and oxygen atoms in total. The Labute approximate surface area is 161 Å². The van der Waals surface area contributed by atoms with Gasteiger partial charge in [0, 0.05) is 28.2 Å². The number of rotatable bonds is 5. The van der Waals surface area contributed by atoms with Gasteiger partial charge in [0.2, 0.25) is 0 Å². The average molecular weight is 380 g/mol. The highest BCUT2D eigenvalue weighted by molar-refractivity contribution is 6.31. The maximum absolute atomic E-state index is 6.02. The van der Waals surface area contributed by atoms with E-state index in [4.69, 9.17) is 16.0 Å². The van der Waals surface area contributed by atoms with E-state index in [0.29, 0.717) is 22.1 Å². The second kappa shape index (κ2) is 7.25. The van der Waals surface area contributed by atoms with Crippen molar-refractivity contribution in [2.75, 3.05) is 10.6 Å². The van der Waals surface area contributed by atoms with Gasteiger partial charge in [0.15, 0.2) is 5.58 Å². The van der Waals surface area contributed by atoms with Gasteiger partial charge in [-0.15, -0.1) is 0 Å². The van der Waals surface area contributed by atoms with Gasteiger partial charge in [-0.05, 0) is 49.2 Å². The highest BCUT2D eigenvalue weighted by Crippen LogP contribution is 2.29. The van der Waals surface area contributed by atoms with Crippen LogP contribution in [0.3, 0.4) is 0 Å². The number of benzene rings is 2. The summed E-state index contributed by atoms with van der Waals surface area (Å²) >= 11 is 6.02. The molecule has 7 heteroatoms. The fraction of sp³-hybridized carbons (Fsp3) is 0.150. The number of anilines is 4. The maximum atomic E-state index is 6.02. The minimum Gasteiger partial charge on any atom is -0.423 e. The molecule has 0 spiro atoms. The van der Waals surface area contributed by atoms with Gasteiger partial charge in [-0.2, -0.15) is 4.98 Å². The number of nitrogens with one attached hydrogen (secondary N) is 2. The number of fused-ring (bicyclic) bond motifs is 1. The second-order valence-corrected chi connectivity index (χ2v) is 6.59. The molecular weight excluding hydrogens is 362 g/mol. The first-order valence-corrected chi connectivity index (χ1v) is 9.00.